The number of aromatic nitrogens is 3. The molecule has 7 heteroatoms. The average Bonchev–Trinajstić information content (AvgIpc) is 2.82. The minimum absolute atomic E-state index is 0.186. The van der Waals surface area contributed by atoms with Crippen molar-refractivity contribution in [2.24, 2.45) is 0 Å². The molecule has 108 valence electrons. The van der Waals surface area contributed by atoms with Gasteiger partial charge in [-0.1, -0.05) is 24.3 Å². The van der Waals surface area contributed by atoms with E-state index < -0.39 is 11.7 Å². The third-order valence-electron chi connectivity index (χ3n) is 3.05. The Bertz CT molecular complexity index is 848. The molecule has 0 unspecified atom stereocenters. The number of nitrogens with one attached hydrogen (secondary N) is 1. The fourth-order valence-electron chi connectivity index (χ4n) is 2.10. The molecule has 2 aromatic heterocycles. The number of hydrogen-bond donors (Lipinski definition) is 1. The van der Waals surface area contributed by atoms with Crippen molar-refractivity contribution in [1.29, 1.82) is 0 Å². The van der Waals surface area contributed by atoms with Crippen molar-refractivity contribution in [3.8, 4) is 0 Å². The highest BCUT2D eigenvalue weighted by Crippen LogP contribution is 2.29. The molecule has 0 amide bonds. The van der Waals surface area contributed by atoms with Gasteiger partial charge < -0.3 is 0 Å². The molecule has 0 fully saturated rings. The van der Waals surface area contributed by atoms with Gasteiger partial charge in [0.05, 0.1) is 5.56 Å². The van der Waals surface area contributed by atoms with E-state index >= 15 is 0 Å². The Balaban J connectivity index is 1.95. The summed E-state index contributed by atoms with van der Waals surface area (Å²) in [5, 5.41) is 2.78. The Morgan fingerprint density at radius 2 is 1.90 bits per heavy atom. The summed E-state index contributed by atoms with van der Waals surface area (Å²) in [7, 11) is 0. The number of fused-ring (bicyclic) bond motifs is 1. The lowest BCUT2D eigenvalue weighted by molar-refractivity contribution is -0.137. The second kappa shape index (κ2) is 4.76. The predicted octanol–water partition coefficient (Wildman–Crippen LogP) is 2.63. The molecule has 0 spiro atoms. The van der Waals surface area contributed by atoms with Crippen LogP contribution < -0.4 is 5.56 Å². The van der Waals surface area contributed by atoms with E-state index in [-0.39, 0.29) is 12.0 Å². The third-order valence-corrected chi connectivity index (χ3v) is 3.05. The molecule has 3 aromatic rings. The van der Waals surface area contributed by atoms with Gasteiger partial charge in [0.1, 0.15) is 5.82 Å². The van der Waals surface area contributed by atoms with E-state index in [1.165, 1.54) is 16.6 Å². The molecule has 3 rings (SSSR count). The Hall–Kier alpha value is -2.57. The minimum atomic E-state index is -4.37. The number of aromatic amines is 1. The topological polar surface area (TPSA) is 50.2 Å². The van der Waals surface area contributed by atoms with Crippen LogP contribution in [-0.4, -0.2) is 14.6 Å². The number of pyridine rings is 1. The summed E-state index contributed by atoms with van der Waals surface area (Å²) in [6.07, 6.45) is -4.19. The number of nitrogens with zero attached hydrogens (tertiary/aromatic N) is 2. The summed E-state index contributed by atoms with van der Waals surface area (Å²) in [6.45, 7) is 0. The average molecular weight is 293 g/mol. The number of benzene rings is 1. The van der Waals surface area contributed by atoms with Crippen LogP contribution in [0.2, 0.25) is 0 Å². The second-order valence-electron chi connectivity index (χ2n) is 4.60. The largest absolute Gasteiger partial charge is 0.416 e. The first kappa shape index (κ1) is 13.4. The van der Waals surface area contributed by atoms with E-state index in [1.807, 2.05) is 0 Å². The van der Waals surface area contributed by atoms with Crippen LogP contribution in [0, 0.1) is 0 Å². The number of hydrogen-bond acceptors (Lipinski definition) is 2. The lowest BCUT2D eigenvalue weighted by Crippen LogP contribution is -2.11. The molecule has 1 N–H and O–H groups in total. The van der Waals surface area contributed by atoms with Crippen LogP contribution in [0.4, 0.5) is 13.2 Å². The number of rotatable bonds is 2. The van der Waals surface area contributed by atoms with Crippen LogP contribution >= 0.6 is 0 Å². The van der Waals surface area contributed by atoms with Crippen molar-refractivity contribution in [3.63, 3.8) is 0 Å². The predicted molar refractivity (Wildman–Crippen MR) is 70.1 cm³/mol. The highest BCUT2D eigenvalue weighted by atomic mass is 19.4. The molecule has 4 nitrogen and oxygen atoms in total. The van der Waals surface area contributed by atoms with Gasteiger partial charge in [-0.05, 0) is 17.7 Å². The molecule has 1 aromatic carbocycles. The summed E-state index contributed by atoms with van der Waals surface area (Å²) in [5.74, 6) is 0.428. The first-order valence-corrected chi connectivity index (χ1v) is 6.16. The van der Waals surface area contributed by atoms with Crippen molar-refractivity contribution < 1.29 is 13.2 Å². The molecule has 0 aliphatic heterocycles. The lowest BCUT2D eigenvalue weighted by Gasteiger charge is -2.07. The molecule has 0 saturated heterocycles. The highest BCUT2D eigenvalue weighted by molar-refractivity contribution is 5.37. The molecule has 0 saturated carbocycles. The van der Waals surface area contributed by atoms with Gasteiger partial charge >= 0.3 is 6.18 Å². The van der Waals surface area contributed by atoms with Crippen molar-refractivity contribution >= 4 is 5.65 Å². The summed E-state index contributed by atoms with van der Waals surface area (Å²) in [5.41, 5.74) is -0.0648. The van der Waals surface area contributed by atoms with Crippen LogP contribution in [0.3, 0.4) is 0 Å². The Morgan fingerprint density at radius 1 is 1.14 bits per heavy atom. The maximum absolute atomic E-state index is 12.7. The van der Waals surface area contributed by atoms with Crippen LogP contribution in [0.25, 0.3) is 5.65 Å². The third kappa shape index (κ3) is 2.67. The molecule has 21 heavy (non-hydrogen) atoms. The minimum Gasteiger partial charge on any atom is -0.276 e. The van der Waals surface area contributed by atoms with Gasteiger partial charge in [0.25, 0.3) is 5.56 Å². The van der Waals surface area contributed by atoms with Gasteiger partial charge in [0.2, 0.25) is 0 Å². The van der Waals surface area contributed by atoms with Crippen molar-refractivity contribution in [1.82, 2.24) is 14.6 Å². The van der Waals surface area contributed by atoms with Crippen LogP contribution in [-0.2, 0) is 12.6 Å². The highest BCUT2D eigenvalue weighted by Gasteiger charge is 2.30. The molecule has 0 aliphatic rings. The molecule has 0 bridgehead atoms. The van der Waals surface area contributed by atoms with E-state index in [1.54, 1.807) is 18.2 Å². The Labute approximate surface area is 116 Å². The zero-order valence-electron chi connectivity index (χ0n) is 10.7. The molecular formula is C14H10F3N3O. The standard InChI is InChI=1S/C14H10F3N3O/c15-14(16,17)10-4-1-3-9(7-10)8-11-18-12-5-2-6-13(21)20(12)19-11/h1-7H,8H2,(H,18,19). The van der Waals surface area contributed by atoms with Crippen LogP contribution in [0.15, 0.2) is 47.3 Å². The maximum atomic E-state index is 12.7. The van der Waals surface area contributed by atoms with E-state index in [2.05, 4.69) is 10.1 Å². The van der Waals surface area contributed by atoms with Crippen molar-refractivity contribution in [2.45, 2.75) is 12.6 Å². The summed E-state index contributed by atoms with van der Waals surface area (Å²) < 4.78 is 39.2. The summed E-state index contributed by atoms with van der Waals surface area (Å²) >= 11 is 0. The van der Waals surface area contributed by atoms with Gasteiger partial charge in [0, 0.05) is 12.5 Å². The van der Waals surface area contributed by atoms with Gasteiger partial charge in [-0.3, -0.25) is 9.89 Å². The van der Waals surface area contributed by atoms with Crippen molar-refractivity contribution in [3.05, 3.63) is 69.8 Å². The Kier molecular flexibility index (Phi) is 3.04. The maximum Gasteiger partial charge on any atom is 0.416 e. The number of H-pyrrole nitrogens is 1. The molecule has 0 atom stereocenters. The fraction of sp³-hybridized carbons (Fsp3) is 0.143. The fourth-order valence-corrected chi connectivity index (χ4v) is 2.10. The quantitative estimate of drug-likeness (QED) is 0.789. The Morgan fingerprint density at radius 3 is 2.62 bits per heavy atom. The zero-order valence-corrected chi connectivity index (χ0v) is 10.7. The first-order chi connectivity index (χ1) is 9.93. The first-order valence-electron chi connectivity index (χ1n) is 6.16. The van der Waals surface area contributed by atoms with Gasteiger partial charge in [0.15, 0.2) is 5.65 Å². The van der Waals surface area contributed by atoms with E-state index in [4.69, 9.17) is 0 Å². The lowest BCUT2D eigenvalue weighted by atomic mass is 10.1. The van der Waals surface area contributed by atoms with E-state index in [0.29, 0.717) is 17.0 Å². The van der Waals surface area contributed by atoms with Crippen LogP contribution in [0.5, 0.6) is 0 Å². The number of halogens is 3. The van der Waals surface area contributed by atoms with E-state index in [9.17, 15) is 18.0 Å². The summed E-state index contributed by atoms with van der Waals surface area (Å²) in [4.78, 5) is 15.8. The van der Waals surface area contributed by atoms with Gasteiger partial charge in [-0.2, -0.15) is 13.2 Å². The molecule has 0 radical (unpaired) electrons. The monoisotopic (exact) mass is 293 g/mol. The molecule has 2 heterocycles. The number of alkyl halides is 3. The second-order valence-corrected chi connectivity index (χ2v) is 4.60. The van der Waals surface area contributed by atoms with Gasteiger partial charge in [-0.25, -0.2) is 9.50 Å². The summed E-state index contributed by atoms with van der Waals surface area (Å²) in [6, 6.07) is 9.64. The van der Waals surface area contributed by atoms with Crippen LogP contribution in [0.1, 0.15) is 17.0 Å². The molecular weight excluding hydrogens is 283 g/mol. The SMILES string of the molecule is O=c1cccc2nc(Cc3cccc(C(F)(F)F)c3)[nH]n12. The zero-order chi connectivity index (χ0) is 15.0. The molecule has 0 aliphatic carbocycles. The normalized spacial score (nSPS) is 12.0. The van der Waals surface area contributed by atoms with Gasteiger partial charge in [-0.15, -0.1) is 0 Å². The van der Waals surface area contributed by atoms with Crippen molar-refractivity contribution in [2.75, 3.05) is 0 Å². The smallest absolute Gasteiger partial charge is 0.276 e. The van der Waals surface area contributed by atoms with E-state index in [0.717, 1.165) is 12.1 Å².